The number of aliphatic carboxylic acids is 2. The van der Waals surface area contributed by atoms with E-state index in [1.165, 1.54) is 24.3 Å². The molecule has 12 heteroatoms. The smallest absolute Gasteiger partial charge is 0.549 e. The number of carboxylic acids is 2. The summed E-state index contributed by atoms with van der Waals surface area (Å²) in [5.74, 6) is -5.80. The molecule has 0 heterocycles. The Hall–Kier alpha value is 1.62. The van der Waals surface area contributed by atoms with Crippen molar-refractivity contribution in [3.05, 3.63) is 46.5 Å². The molecule has 2 aliphatic carbocycles. The summed E-state index contributed by atoms with van der Waals surface area (Å²) in [5.41, 5.74) is 0. The van der Waals surface area contributed by atoms with Gasteiger partial charge in [0.2, 0.25) is 0 Å². The molecule has 0 spiro atoms. The van der Waals surface area contributed by atoms with E-state index < -0.39 is 33.9 Å². The van der Waals surface area contributed by atoms with E-state index in [0.717, 1.165) is 12.2 Å². The van der Waals surface area contributed by atoms with Gasteiger partial charge in [0.25, 0.3) is 0 Å². The van der Waals surface area contributed by atoms with Crippen LogP contribution in [-0.2, 0) is 9.59 Å². The molecule has 0 bridgehead atoms. The summed E-state index contributed by atoms with van der Waals surface area (Å²) in [6, 6.07) is 0. The Morgan fingerprint density at radius 1 is 0.885 bits per heavy atom. The maximum atomic E-state index is 10.5. The molecular weight excluding hydrogens is 468 g/mol. The fourth-order valence-corrected chi connectivity index (χ4v) is 3.20. The summed E-state index contributed by atoms with van der Waals surface area (Å²) in [6.07, 6.45) is 7.74. The summed E-state index contributed by atoms with van der Waals surface area (Å²) in [4.78, 5) is 20.9. The SMILES string of the molecule is O=C([O-])C1C(Cl)=CC=CC1(O)Cl.O=C([O-])C1C(Cl)=CC=CC1(O)Cl.[K+].[Na+]. The second-order valence-electron chi connectivity index (χ2n) is 4.78. The average Bonchev–Trinajstić information content (AvgIpc) is 2.35. The van der Waals surface area contributed by atoms with E-state index >= 15 is 0 Å². The monoisotopic (exact) mass is 476 g/mol. The largest absolute Gasteiger partial charge is 1.00 e. The predicted molar refractivity (Wildman–Crippen MR) is 84.8 cm³/mol. The quantitative estimate of drug-likeness (QED) is 0.301. The third kappa shape index (κ3) is 8.16. The van der Waals surface area contributed by atoms with Crippen LogP contribution >= 0.6 is 46.4 Å². The molecule has 0 radical (unpaired) electrons. The van der Waals surface area contributed by atoms with Crippen molar-refractivity contribution < 1.29 is 111 Å². The van der Waals surface area contributed by atoms with Crippen molar-refractivity contribution in [1.82, 2.24) is 0 Å². The molecule has 2 N–H and O–H groups in total. The van der Waals surface area contributed by atoms with E-state index in [9.17, 15) is 30.0 Å². The van der Waals surface area contributed by atoms with Gasteiger partial charge in [-0.2, -0.15) is 0 Å². The van der Waals surface area contributed by atoms with Crippen LogP contribution in [0.25, 0.3) is 0 Å². The van der Waals surface area contributed by atoms with Crippen LogP contribution in [0.4, 0.5) is 0 Å². The first kappa shape index (κ1) is 29.8. The molecule has 0 saturated heterocycles. The molecule has 132 valence electrons. The van der Waals surface area contributed by atoms with Crippen LogP contribution in [0.5, 0.6) is 0 Å². The van der Waals surface area contributed by atoms with Crippen molar-refractivity contribution >= 4 is 58.3 Å². The third-order valence-electron chi connectivity index (χ3n) is 3.00. The molecule has 0 aliphatic heterocycles. The first-order valence-electron chi connectivity index (χ1n) is 6.24. The van der Waals surface area contributed by atoms with Crippen molar-refractivity contribution in [3.8, 4) is 0 Å². The Morgan fingerprint density at radius 3 is 1.31 bits per heavy atom. The molecule has 4 unspecified atom stereocenters. The van der Waals surface area contributed by atoms with Crippen LogP contribution < -0.4 is 91.2 Å². The minimum atomic E-state index is -1.98. The van der Waals surface area contributed by atoms with E-state index in [1.807, 2.05) is 0 Å². The molecule has 0 amide bonds. The third-order valence-corrected chi connectivity index (χ3v) is 4.38. The van der Waals surface area contributed by atoms with Gasteiger partial charge in [-0.05, 0) is 24.3 Å². The van der Waals surface area contributed by atoms with E-state index in [2.05, 4.69) is 0 Å². The van der Waals surface area contributed by atoms with Gasteiger partial charge in [0.05, 0.1) is 23.8 Å². The summed E-state index contributed by atoms with van der Waals surface area (Å²) in [6.45, 7) is 0. The molecule has 0 aromatic rings. The van der Waals surface area contributed by atoms with E-state index in [1.54, 1.807) is 0 Å². The minimum Gasteiger partial charge on any atom is -0.549 e. The maximum absolute atomic E-state index is 10.5. The molecule has 0 saturated carbocycles. The second kappa shape index (κ2) is 12.3. The van der Waals surface area contributed by atoms with Gasteiger partial charge in [-0.25, -0.2) is 0 Å². The number of rotatable bonds is 2. The number of hydrogen-bond acceptors (Lipinski definition) is 6. The van der Waals surface area contributed by atoms with Crippen LogP contribution in [0.3, 0.4) is 0 Å². The van der Waals surface area contributed by atoms with Crippen molar-refractivity contribution in [1.29, 1.82) is 0 Å². The molecule has 6 nitrogen and oxygen atoms in total. The van der Waals surface area contributed by atoms with Gasteiger partial charge in [-0.1, -0.05) is 58.6 Å². The normalized spacial score (nSPS) is 31.9. The van der Waals surface area contributed by atoms with Crippen molar-refractivity contribution in [2.75, 3.05) is 0 Å². The average molecular weight is 478 g/mol. The molecule has 0 aromatic carbocycles. The van der Waals surface area contributed by atoms with Gasteiger partial charge < -0.3 is 30.0 Å². The number of aliphatic hydroxyl groups is 2. The summed E-state index contributed by atoms with van der Waals surface area (Å²) in [7, 11) is 0. The number of hydrogen-bond donors (Lipinski definition) is 2. The second-order valence-corrected chi connectivity index (χ2v) is 6.86. The Kier molecular flexibility index (Phi) is 14.2. The van der Waals surface area contributed by atoms with Crippen molar-refractivity contribution in [2.24, 2.45) is 11.8 Å². The topological polar surface area (TPSA) is 121 Å². The number of halogens is 4. The van der Waals surface area contributed by atoms with Crippen molar-refractivity contribution in [2.45, 2.75) is 10.1 Å². The molecule has 4 atom stereocenters. The summed E-state index contributed by atoms with van der Waals surface area (Å²) >= 11 is 21.9. The van der Waals surface area contributed by atoms with Gasteiger partial charge in [0.1, 0.15) is 0 Å². The Bertz CT molecular complexity index is 604. The van der Waals surface area contributed by atoms with Gasteiger partial charge >= 0.3 is 80.9 Å². The zero-order valence-electron chi connectivity index (χ0n) is 13.7. The molecule has 2 rings (SSSR count). The van der Waals surface area contributed by atoms with E-state index in [4.69, 9.17) is 46.4 Å². The van der Waals surface area contributed by atoms with Gasteiger partial charge in [0.15, 0.2) is 10.1 Å². The zero-order valence-corrected chi connectivity index (χ0v) is 21.8. The first-order valence-corrected chi connectivity index (χ1v) is 7.75. The Morgan fingerprint density at radius 2 is 1.15 bits per heavy atom. The van der Waals surface area contributed by atoms with Gasteiger partial charge in [-0.15, -0.1) is 0 Å². The van der Waals surface area contributed by atoms with Crippen molar-refractivity contribution in [3.63, 3.8) is 0 Å². The van der Waals surface area contributed by atoms with E-state index in [-0.39, 0.29) is 91.0 Å². The number of carbonyl (C=O) groups excluding carboxylic acids is 2. The fourth-order valence-electron chi connectivity index (χ4n) is 1.88. The molecular formula is C14H10Cl4KNaO6. The number of alkyl halides is 2. The van der Waals surface area contributed by atoms with E-state index in [0.29, 0.717) is 0 Å². The number of carbonyl (C=O) groups is 2. The number of allylic oxidation sites excluding steroid dienone is 4. The molecule has 0 fully saturated rings. The Labute approximate surface area is 234 Å². The van der Waals surface area contributed by atoms with Crippen LogP contribution in [0.15, 0.2) is 46.5 Å². The Balaban J connectivity index is 0. The molecule has 2 aliphatic rings. The molecule has 0 aromatic heterocycles. The predicted octanol–water partition coefficient (Wildman–Crippen LogP) is -6.05. The van der Waals surface area contributed by atoms with Gasteiger partial charge in [-0.3, -0.25) is 0 Å². The van der Waals surface area contributed by atoms with Crippen LogP contribution in [-0.4, -0.2) is 32.3 Å². The van der Waals surface area contributed by atoms with Crippen LogP contribution in [0.2, 0.25) is 0 Å². The van der Waals surface area contributed by atoms with Crippen LogP contribution in [0.1, 0.15) is 0 Å². The first-order chi connectivity index (χ1) is 10.9. The fraction of sp³-hybridized carbons (Fsp3) is 0.286. The standard InChI is InChI=1S/2C7H6Cl2O3.K.Na/c2*8-4-2-1-3-7(9,12)5(4)6(10)11;;/h2*1-3,5,12H,(H,10,11);;/q;;2*+1/p-2. The zero-order chi connectivity index (χ0) is 18.7. The van der Waals surface area contributed by atoms with Gasteiger partial charge in [0, 0.05) is 10.1 Å². The summed E-state index contributed by atoms with van der Waals surface area (Å²) < 4.78 is 0. The van der Waals surface area contributed by atoms with Crippen LogP contribution in [0, 0.1) is 11.8 Å². The minimum absolute atomic E-state index is 0. The number of carboxylic acid groups (broad SMARTS) is 2. The summed E-state index contributed by atoms with van der Waals surface area (Å²) in [5, 5.41) is 35.5. The molecule has 26 heavy (non-hydrogen) atoms. The maximum Gasteiger partial charge on any atom is 1.00 e.